The molecule has 0 bridgehead atoms. The number of benzene rings is 1. The first-order valence-corrected chi connectivity index (χ1v) is 5.52. The maximum atomic E-state index is 4.01. The Morgan fingerprint density at radius 1 is 0.812 bits per heavy atom. The van der Waals surface area contributed by atoms with Crippen LogP contribution < -0.4 is 0 Å². The summed E-state index contributed by atoms with van der Waals surface area (Å²) in [5.74, 6) is 0. The Hall–Kier alpha value is -1.56. The van der Waals surface area contributed by atoms with Crippen LogP contribution in [0.15, 0.2) is 50.1 Å². The molecule has 83 valence electrons. The van der Waals surface area contributed by atoms with Crippen molar-refractivity contribution in [1.29, 1.82) is 0 Å². The van der Waals surface area contributed by atoms with E-state index in [4.69, 9.17) is 0 Å². The molecule has 0 spiro atoms. The summed E-state index contributed by atoms with van der Waals surface area (Å²) in [5, 5.41) is 0. The molecule has 0 atom stereocenters. The summed E-state index contributed by atoms with van der Waals surface area (Å²) in [4.78, 5) is 0. The maximum absolute atomic E-state index is 4.01. The SMILES string of the molecule is [CH2]c1cc(CC=C)c(CC=C)c(CC=C)c1. The summed E-state index contributed by atoms with van der Waals surface area (Å²) in [6.07, 6.45) is 8.47. The fourth-order valence-corrected chi connectivity index (χ4v) is 1.95. The lowest BCUT2D eigenvalue weighted by molar-refractivity contribution is 1.08. The smallest absolute Gasteiger partial charge is 0.00944 e. The van der Waals surface area contributed by atoms with Crippen molar-refractivity contribution < 1.29 is 0 Å². The molecule has 0 aliphatic heterocycles. The van der Waals surface area contributed by atoms with Crippen LogP contribution in [0.5, 0.6) is 0 Å². The van der Waals surface area contributed by atoms with E-state index in [0.717, 1.165) is 24.8 Å². The monoisotopic (exact) mass is 211 g/mol. The topological polar surface area (TPSA) is 0 Å². The van der Waals surface area contributed by atoms with Crippen LogP contribution in [-0.2, 0) is 19.3 Å². The Labute approximate surface area is 99.0 Å². The Bertz CT molecular complexity index is 365. The Kier molecular flexibility index (Phi) is 4.78. The number of hydrogen-bond acceptors (Lipinski definition) is 0. The third-order valence-electron chi connectivity index (χ3n) is 2.57. The van der Waals surface area contributed by atoms with Gasteiger partial charge < -0.3 is 0 Å². The van der Waals surface area contributed by atoms with Crippen molar-refractivity contribution in [1.82, 2.24) is 0 Å². The van der Waals surface area contributed by atoms with Crippen molar-refractivity contribution in [3.05, 3.63) is 79.3 Å². The normalized spacial score (nSPS) is 9.81. The van der Waals surface area contributed by atoms with Crippen LogP contribution in [0.25, 0.3) is 0 Å². The molecule has 0 aliphatic carbocycles. The molecular formula is C16H19. The molecule has 0 nitrogen and oxygen atoms in total. The lowest BCUT2D eigenvalue weighted by atomic mass is 9.92. The van der Waals surface area contributed by atoms with Gasteiger partial charge in [0, 0.05) is 0 Å². The molecule has 0 saturated carbocycles. The molecule has 1 aromatic rings. The second-order valence-electron chi connectivity index (χ2n) is 3.87. The lowest BCUT2D eigenvalue weighted by Crippen LogP contribution is -1.99. The lowest BCUT2D eigenvalue weighted by Gasteiger charge is -2.13. The van der Waals surface area contributed by atoms with Crippen molar-refractivity contribution >= 4 is 0 Å². The molecule has 0 unspecified atom stereocenters. The van der Waals surface area contributed by atoms with Gasteiger partial charge in [0.05, 0.1) is 0 Å². The van der Waals surface area contributed by atoms with Gasteiger partial charge in [0.1, 0.15) is 0 Å². The van der Waals surface area contributed by atoms with E-state index in [9.17, 15) is 0 Å². The van der Waals surface area contributed by atoms with Gasteiger partial charge in [-0.25, -0.2) is 0 Å². The second-order valence-corrected chi connectivity index (χ2v) is 3.87. The highest BCUT2D eigenvalue weighted by Gasteiger charge is 2.06. The van der Waals surface area contributed by atoms with E-state index in [2.05, 4.69) is 38.8 Å². The van der Waals surface area contributed by atoms with Gasteiger partial charge >= 0.3 is 0 Å². The molecule has 1 radical (unpaired) electrons. The zero-order valence-electron chi connectivity index (χ0n) is 9.84. The molecule has 0 amide bonds. The van der Waals surface area contributed by atoms with Gasteiger partial charge in [0.2, 0.25) is 0 Å². The van der Waals surface area contributed by atoms with E-state index >= 15 is 0 Å². The standard InChI is InChI=1S/C16H19/c1-5-8-14-11-13(4)12-15(9-6-2)16(14)10-7-3/h5-7,11-12H,1-4,8-10H2. The van der Waals surface area contributed by atoms with E-state index < -0.39 is 0 Å². The van der Waals surface area contributed by atoms with Crippen molar-refractivity contribution in [2.24, 2.45) is 0 Å². The quantitative estimate of drug-likeness (QED) is 0.623. The first-order valence-electron chi connectivity index (χ1n) is 5.52. The van der Waals surface area contributed by atoms with Crippen molar-refractivity contribution in [3.63, 3.8) is 0 Å². The minimum absolute atomic E-state index is 0.886. The molecule has 0 aromatic heterocycles. The van der Waals surface area contributed by atoms with Crippen LogP contribution in [0.1, 0.15) is 22.3 Å². The van der Waals surface area contributed by atoms with Crippen molar-refractivity contribution in [3.8, 4) is 0 Å². The predicted molar refractivity (Wildman–Crippen MR) is 72.6 cm³/mol. The van der Waals surface area contributed by atoms with Gasteiger partial charge in [0.15, 0.2) is 0 Å². The highest BCUT2D eigenvalue weighted by atomic mass is 14.1. The third kappa shape index (κ3) is 2.96. The van der Waals surface area contributed by atoms with Crippen molar-refractivity contribution in [2.45, 2.75) is 19.3 Å². The van der Waals surface area contributed by atoms with Gasteiger partial charge in [-0.2, -0.15) is 0 Å². The Balaban J connectivity index is 3.26. The fraction of sp³-hybridized carbons (Fsp3) is 0.188. The van der Waals surface area contributed by atoms with E-state index in [1.807, 2.05) is 18.2 Å². The van der Waals surface area contributed by atoms with Crippen LogP contribution in [0.2, 0.25) is 0 Å². The van der Waals surface area contributed by atoms with Crippen LogP contribution >= 0.6 is 0 Å². The first-order chi connectivity index (χ1) is 7.72. The van der Waals surface area contributed by atoms with E-state index in [0.29, 0.717) is 0 Å². The van der Waals surface area contributed by atoms with E-state index in [-0.39, 0.29) is 0 Å². The second kappa shape index (κ2) is 6.12. The van der Waals surface area contributed by atoms with E-state index in [1.54, 1.807) is 0 Å². The van der Waals surface area contributed by atoms with Crippen LogP contribution in [0, 0.1) is 6.92 Å². The first kappa shape index (κ1) is 12.5. The predicted octanol–water partition coefficient (Wildman–Crippen LogP) is 4.05. The zero-order valence-corrected chi connectivity index (χ0v) is 9.84. The molecule has 0 heterocycles. The molecule has 0 saturated heterocycles. The van der Waals surface area contributed by atoms with Gasteiger partial charge in [-0.3, -0.25) is 0 Å². The van der Waals surface area contributed by atoms with Gasteiger partial charge in [-0.1, -0.05) is 30.4 Å². The minimum atomic E-state index is 0.886. The van der Waals surface area contributed by atoms with Gasteiger partial charge in [-0.05, 0) is 48.4 Å². The Morgan fingerprint density at radius 2 is 1.25 bits per heavy atom. The molecule has 0 aliphatic rings. The highest BCUT2D eigenvalue weighted by molar-refractivity contribution is 5.43. The molecule has 0 heteroatoms. The molecule has 1 rings (SSSR count). The summed E-state index contributed by atoms with van der Waals surface area (Å²) in [7, 11) is 0. The summed E-state index contributed by atoms with van der Waals surface area (Å²) in [6, 6.07) is 4.26. The average Bonchev–Trinajstić information content (AvgIpc) is 2.24. The molecule has 1 aromatic carbocycles. The van der Waals surface area contributed by atoms with Crippen LogP contribution in [-0.4, -0.2) is 0 Å². The summed E-state index contributed by atoms with van der Waals surface area (Å²) in [5.41, 5.74) is 5.02. The number of rotatable bonds is 6. The largest absolute Gasteiger partial charge is 0.103 e. The number of hydrogen-bond donors (Lipinski definition) is 0. The molecule has 0 N–H and O–H groups in total. The van der Waals surface area contributed by atoms with Crippen LogP contribution in [0.4, 0.5) is 0 Å². The van der Waals surface area contributed by atoms with Crippen LogP contribution in [0.3, 0.4) is 0 Å². The van der Waals surface area contributed by atoms with Gasteiger partial charge in [-0.15, -0.1) is 19.7 Å². The zero-order chi connectivity index (χ0) is 12.0. The van der Waals surface area contributed by atoms with Gasteiger partial charge in [0.25, 0.3) is 0 Å². The maximum Gasteiger partial charge on any atom is -0.00944 e. The molecular weight excluding hydrogens is 192 g/mol. The summed E-state index contributed by atoms with van der Waals surface area (Å²) < 4.78 is 0. The van der Waals surface area contributed by atoms with Crippen molar-refractivity contribution in [2.75, 3.05) is 0 Å². The number of allylic oxidation sites excluding steroid dienone is 3. The molecule has 0 fully saturated rings. The fourth-order valence-electron chi connectivity index (χ4n) is 1.95. The third-order valence-corrected chi connectivity index (χ3v) is 2.57. The summed E-state index contributed by atoms with van der Waals surface area (Å²) in [6.45, 7) is 15.4. The summed E-state index contributed by atoms with van der Waals surface area (Å²) >= 11 is 0. The minimum Gasteiger partial charge on any atom is -0.103 e. The highest BCUT2D eigenvalue weighted by Crippen LogP contribution is 2.20. The van der Waals surface area contributed by atoms with E-state index in [1.165, 1.54) is 16.7 Å². The average molecular weight is 211 g/mol. The Morgan fingerprint density at radius 3 is 1.62 bits per heavy atom. The molecule has 16 heavy (non-hydrogen) atoms.